The summed E-state index contributed by atoms with van der Waals surface area (Å²) in [6, 6.07) is 0. The molecule has 1 heterocycles. The normalized spacial score (nSPS) is 26.8. The first-order valence-electron chi connectivity index (χ1n) is 5.97. The van der Waals surface area contributed by atoms with Gasteiger partial charge in [-0.05, 0) is 31.9 Å². The molecule has 1 aliphatic rings. The lowest BCUT2D eigenvalue weighted by molar-refractivity contribution is -0.162. The number of cyclic esters (lactones) is 1. The van der Waals surface area contributed by atoms with Crippen molar-refractivity contribution in [3.05, 3.63) is 0 Å². The van der Waals surface area contributed by atoms with Crippen LogP contribution in [0.3, 0.4) is 0 Å². The number of carbonyl (C=O) groups excluding carboxylic acids is 1. The molecule has 3 nitrogen and oxygen atoms in total. The fourth-order valence-corrected chi connectivity index (χ4v) is 2.88. The van der Waals surface area contributed by atoms with Gasteiger partial charge in [0.05, 0.1) is 6.61 Å². The fourth-order valence-electron chi connectivity index (χ4n) is 1.96. The van der Waals surface area contributed by atoms with E-state index in [0.717, 1.165) is 12.8 Å². The lowest BCUT2D eigenvalue weighted by atomic mass is 9.91. The van der Waals surface area contributed by atoms with Crippen LogP contribution >= 0.6 is 0 Å². The van der Waals surface area contributed by atoms with Crippen LogP contribution < -0.4 is 0 Å². The van der Waals surface area contributed by atoms with E-state index < -0.39 is 9.04 Å². The van der Waals surface area contributed by atoms with Crippen LogP contribution in [0.15, 0.2) is 0 Å². The summed E-state index contributed by atoms with van der Waals surface area (Å²) in [6.07, 6.45) is 4.15. The fraction of sp³-hybridized carbons (Fsp3) is 0.909. The Morgan fingerprint density at radius 3 is 2.87 bits per heavy atom. The first-order chi connectivity index (χ1) is 7.15. The van der Waals surface area contributed by atoms with E-state index in [4.69, 9.17) is 9.16 Å². The third-order valence-electron chi connectivity index (χ3n) is 2.74. The summed E-state index contributed by atoms with van der Waals surface area (Å²) in [5.41, 5.74) is 0. The summed E-state index contributed by atoms with van der Waals surface area (Å²) < 4.78 is 10.8. The minimum absolute atomic E-state index is 0.136. The van der Waals surface area contributed by atoms with E-state index in [0.29, 0.717) is 12.5 Å². The van der Waals surface area contributed by atoms with Gasteiger partial charge in [-0.3, -0.25) is 0 Å². The molecule has 0 aromatic carbocycles. The van der Waals surface area contributed by atoms with Crippen LogP contribution in [0.25, 0.3) is 0 Å². The molecule has 0 bridgehead atoms. The van der Waals surface area contributed by atoms with Gasteiger partial charge in [0, 0.05) is 0 Å². The van der Waals surface area contributed by atoms with Gasteiger partial charge in [0.15, 0.2) is 9.04 Å². The number of carbonyl (C=O) groups is 1. The molecule has 4 heteroatoms. The molecule has 1 rings (SSSR count). The first kappa shape index (κ1) is 12.7. The van der Waals surface area contributed by atoms with Gasteiger partial charge in [-0.15, -0.1) is 0 Å². The van der Waals surface area contributed by atoms with Crippen LogP contribution in [0, 0.1) is 5.92 Å². The molecule has 1 fully saturated rings. The Bertz CT molecular complexity index is 206. The number of hydrogen-bond acceptors (Lipinski definition) is 3. The molecule has 0 aliphatic carbocycles. The maximum Gasteiger partial charge on any atom is 0.334 e. The van der Waals surface area contributed by atoms with Gasteiger partial charge in [-0.25, -0.2) is 4.79 Å². The number of rotatable bonds is 5. The van der Waals surface area contributed by atoms with Crippen molar-refractivity contribution in [2.24, 2.45) is 5.92 Å². The molecule has 0 radical (unpaired) electrons. The second-order valence-corrected chi connectivity index (χ2v) is 6.83. The van der Waals surface area contributed by atoms with E-state index >= 15 is 0 Å². The van der Waals surface area contributed by atoms with Crippen molar-refractivity contribution in [2.45, 2.75) is 51.8 Å². The lowest BCUT2D eigenvalue weighted by Crippen LogP contribution is -2.41. The van der Waals surface area contributed by atoms with Crippen LogP contribution in [0.2, 0.25) is 13.1 Å². The third kappa shape index (κ3) is 3.95. The summed E-state index contributed by atoms with van der Waals surface area (Å²) in [6.45, 7) is 6.94. The zero-order valence-electron chi connectivity index (χ0n) is 9.99. The molecule has 0 saturated carbocycles. The zero-order valence-corrected chi connectivity index (χ0v) is 11.1. The van der Waals surface area contributed by atoms with Crippen LogP contribution in [-0.2, 0) is 14.0 Å². The summed E-state index contributed by atoms with van der Waals surface area (Å²) in [5, 5.41) is 0. The van der Waals surface area contributed by atoms with Gasteiger partial charge in [0.25, 0.3) is 0 Å². The second kappa shape index (κ2) is 6.28. The predicted octanol–water partition coefficient (Wildman–Crippen LogP) is 2.11. The smallest absolute Gasteiger partial charge is 0.334 e. The minimum Gasteiger partial charge on any atom is -0.464 e. The van der Waals surface area contributed by atoms with Gasteiger partial charge in [-0.1, -0.05) is 19.8 Å². The average Bonchev–Trinajstić information content (AvgIpc) is 2.18. The van der Waals surface area contributed by atoms with Gasteiger partial charge in [-0.2, -0.15) is 0 Å². The largest absolute Gasteiger partial charge is 0.464 e. The van der Waals surface area contributed by atoms with Crippen molar-refractivity contribution < 1.29 is 14.0 Å². The number of hydrogen-bond donors (Lipinski definition) is 0. The highest BCUT2D eigenvalue weighted by Crippen LogP contribution is 2.25. The highest BCUT2D eigenvalue weighted by molar-refractivity contribution is 6.48. The van der Waals surface area contributed by atoms with Gasteiger partial charge in [0.1, 0.15) is 6.10 Å². The average molecular weight is 230 g/mol. The van der Waals surface area contributed by atoms with E-state index in [2.05, 4.69) is 20.0 Å². The quantitative estimate of drug-likeness (QED) is 0.536. The van der Waals surface area contributed by atoms with Crippen LogP contribution in [-0.4, -0.2) is 27.7 Å². The predicted molar refractivity (Wildman–Crippen MR) is 62.3 cm³/mol. The molecule has 15 heavy (non-hydrogen) atoms. The highest BCUT2D eigenvalue weighted by Gasteiger charge is 2.34. The van der Waals surface area contributed by atoms with Crippen molar-refractivity contribution in [1.29, 1.82) is 0 Å². The molecule has 1 saturated heterocycles. The number of unbranched alkanes of at least 4 members (excludes halogenated alkanes) is 1. The maximum absolute atomic E-state index is 11.6. The Labute approximate surface area is 93.9 Å². The Kier molecular flexibility index (Phi) is 5.32. The number of esters is 1. The van der Waals surface area contributed by atoms with E-state index in [1.165, 1.54) is 12.8 Å². The van der Waals surface area contributed by atoms with Crippen molar-refractivity contribution in [3.8, 4) is 0 Å². The summed E-state index contributed by atoms with van der Waals surface area (Å²) in [7, 11) is -1.16. The molecule has 2 atom stereocenters. The molecule has 2 unspecified atom stereocenters. The Morgan fingerprint density at radius 1 is 1.53 bits per heavy atom. The summed E-state index contributed by atoms with van der Waals surface area (Å²) in [5.74, 6) is 0.254. The molecule has 1 aliphatic heterocycles. The maximum atomic E-state index is 11.6. The summed E-state index contributed by atoms with van der Waals surface area (Å²) >= 11 is 0. The Morgan fingerprint density at radius 2 is 2.27 bits per heavy atom. The van der Waals surface area contributed by atoms with Crippen LogP contribution in [0.5, 0.6) is 0 Å². The zero-order chi connectivity index (χ0) is 11.3. The second-order valence-electron chi connectivity index (χ2n) is 4.46. The minimum atomic E-state index is -1.16. The van der Waals surface area contributed by atoms with E-state index in [9.17, 15) is 4.79 Å². The van der Waals surface area contributed by atoms with Crippen molar-refractivity contribution in [3.63, 3.8) is 0 Å². The van der Waals surface area contributed by atoms with Crippen molar-refractivity contribution >= 4 is 15.0 Å². The van der Waals surface area contributed by atoms with Crippen LogP contribution in [0.4, 0.5) is 0 Å². The van der Waals surface area contributed by atoms with Crippen molar-refractivity contribution in [1.82, 2.24) is 0 Å². The Hall–Kier alpha value is -0.353. The molecule has 88 valence electrons. The third-order valence-corrected chi connectivity index (χ3v) is 3.58. The monoisotopic (exact) mass is 230 g/mol. The molecular formula is C11H22O3Si. The summed E-state index contributed by atoms with van der Waals surface area (Å²) in [4.78, 5) is 11.6. The Balaban J connectivity index is 2.52. The van der Waals surface area contributed by atoms with Crippen molar-refractivity contribution in [2.75, 3.05) is 6.61 Å². The number of ether oxygens (including phenoxy) is 1. The van der Waals surface area contributed by atoms with Gasteiger partial charge >= 0.3 is 5.97 Å². The molecule has 0 aromatic rings. The molecule has 0 N–H and O–H groups in total. The lowest BCUT2D eigenvalue weighted by Gasteiger charge is -2.31. The standard InChI is InChI=1S/C11H22O3Si/c1-4-5-6-9-7-8-13-11(12)10(9)14-15(2)3/h9-10,15H,4-8H2,1-3H3. The topological polar surface area (TPSA) is 35.5 Å². The van der Waals surface area contributed by atoms with Crippen LogP contribution in [0.1, 0.15) is 32.6 Å². The van der Waals surface area contributed by atoms with E-state index in [-0.39, 0.29) is 12.1 Å². The first-order valence-corrected chi connectivity index (χ1v) is 8.75. The molecule has 0 amide bonds. The molecule has 0 spiro atoms. The van der Waals surface area contributed by atoms with E-state index in [1.807, 2.05) is 0 Å². The molecule has 0 aromatic heterocycles. The van der Waals surface area contributed by atoms with Gasteiger partial charge < -0.3 is 9.16 Å². The highest BCUT2D eigenvalue weighted by atomic mass is 28.3. The SMILES string of the molecule is CCCCC1CCOC(=O)C1O[SiH](C)C. The van der Waals surface area contributed by atoms with E-state index in [1.54, 1.807) is 0 Å². The molecular weight excluding hydrogens is 208 g/mol. The van der Waals surface area contributed by atoms with Gasteiger partial charge in [0.2, 0.25) is 0 Å².